The molecule has 0 spiro atoms. The van der Waals surface area contributed by atoms with Gasteiger partial charge < -0.3 is 24.3 Å². The molecule has 2 heterocycles. The second-order valence-electron chi connectivity index (χ2n) is 7.16. The van der Waals surface area contributed by atoms with Crippen LogP contribution in [0.15, 0.2) is 30.3 Å². The number of carbonyl (C=O) groups is 2. The minimum atomic E-state index is -0.451. The summed E-state index contributed by atoms with van der Waals surface area (Å²) in [6.45, 7) is 5.25. The van der Waals surface area contributed by atoms with E-state index in [0.29, 0.717) is 35.9 Å². The van der Waals surface area contributed by atoms with Crippen molar-refractivity contribution in [3.63, 3.8) is 0 Å². The van der Waals surface area contributed by atoms with Gasteiger partial charge in [0, 0.05) is 13.2 Å². The summed E-state index contributed by atoms with van der Waals surface area (Å²) < 4.78 is 21.8. The Hall–Kier alpha value is -3.13. The molecule has 31 heavy (non-hydrogen) atoms. The van der Waals surface area contributed by atoms with Crippen molar-refractivity contribution >= 4 is 11.9 Å². The maximum Gasteiger partial charge on any atom is 0.339 e. The summed E-state index contributed by atoms with van der Waals surface area (Å²) in [6, 6.07) is 8.59. The highest BCUT2D eigenvalue weighted by molar-refractivity contribution is 5.95. The van der Waals surface area contributed by atoms with E-state index in [1.54, 1.807) is 27.0 Å². The van der Waals surface area contributed by atoms with Gasteiger partial charge in [-0.1, -0.05) is 6.07 Å². The number of nitrogens with one attached hydrogen (secondary N) is 1. The molecule has 1 aliphatic rings. The molecule has 1 atom stereocenters. The number of methoxy groups -OCH3 is 1. The Bertz CT molecular complexity index is 924. The molecule has 1 aromatic heterocycles. The lowest BCUT2D eigenvalue weighted by atomic mass is 10.1. The highest BCUT2D eigenvalue weighted by Gasteiger charge is 2.18. The minimum absolute atomic E-state index is 0.120. The van der Waals surface area contributed by atoms with Gasteiger partial charge in [-0.3, -0.25) is 4.79 Å². The van der Waals surface area contributed by atoms with Crippen molar-refractivity contribution in [1.82, 2.24) is 10.3 Å². The second kappa shape index (κ2) is 10.8. The predicted molar refractivity (Wildman–Crippen MR) is 114 cm³/mol. The van der Waals surface area contributed by atoms with E-state index < -0.39 is 5.97 Å². The quantitative estimate of drug-likeness (QED) is 0.613. The Kier molecular flexibility index (Phi) is 7.83. The van der Waals surface area contributed by atoms with Gasteiger partial charge in [-0.25, -0.2) is 9.78 Å². The first-order valence-electron chi connectivity index (χ1n) is 10.4. The van der Waals surface area contributed by atoms with Crippen LogP contribution >= 0.6 is 0 Å². The van der Waals surface area contributed by atoms with E-state index in [4.69, 9.17) is 18.9 Å². The first-order valence-corrected chi connectivity index (χ1v) is 10.4. The summed E-state index contributed by atoms with van der Waals surface area (Å²) >= 11 is 0. The zero-order valence-corrected chi connectivity index (χ0v) is 18.1. The van der Waals surface area contributed by atoms with Gasteiger partial charge in [0.05, 0.1) is 31.1 Å². The lowest BCUT2D eigenvalue weighted by Crippen LogP contribution is -2.24. The summed E-state index contributed by atoms with van der Waals surface area (Å²) in [5.74, 6) is 0.446. The average molecular weight is 428 g/mol. The van der Waals surface area contributed by atoms with E-state index in [2.05, 4.69) is 10.3 Å². The third-order valence-electron chi connectivity index (χ3n) is 4.94. The largest absolute Gasteiger partial charge is 0.493 e. The lowest BCUT2D eigenvalue weighted by molar-refractivity contribution is 0.0524. The summed E-state index contributed by atoms with van der Waals surface area (Å²) in [7, 11) is 1.58. The Morgan fingerprint density at radius 3 is 2.74 bits per heavy atom. The number of benzene rings is 1. The number of hydrogen-bond donors (Lipinski definition) is 1. The number of amides is 1. The Labute approximate surface area is 181 Å². The molecule has 1 N–H and O–H groups in total. The van der Waals surface area contributed by atoms with Gasteiger partial charge in [0.15, 0.2) is 11.5 Å². The highest BCUT2D eigenvalue weighted by Crippen LogP contribution is 2.29. The fourth-order valence-electron chi connectivity index (χ4n) is 3.28. The minimum Gasteiger partial charge on any atom is -0.493 e. The van der Waals surface area contributed by atoms with Crippen LogP contribution in [0.5, 0.6) is 11.5 Å². The van der Waals surface area contributed by atoms with Gasteiger partial charge in [0.1, 0.15) is 12.3 Å². The van der Waals surface area contributed by atoms with E-state index >= 15 is 0 Å². The van der Waals surface area contributed by atoms with Gasteiger partial charge >= 0.3 is 5.97 Å². The fraction of sp³-hybridized carbons (Fsp3) is 0.435. The topological polar surface area (TPSA) is 96.0 Å². The van der Waals surface area contributed by atoms with Crippen LogP contribution in [0.4, 0.5) is 0 Å². The molecule has 1 unspecified atom stereocenters. The van der Waals surface area contributed by atoms with Crippen LogP contribution in [-0.4, -0.2) is 49.9 Å². The zero-order valence-electron chi connectivity index (χ0n) is 18.1. The van der Waals surface area contributed by atoms with Crippen molar-refractivity contribution in [3.8, 4) is 11.5 Å². The average Bonchev–Trinajstić information content (AvgIpc) is 3.30. The molecule has 1 aliphatic heterocycles. The van der Waals surface area contributed by atoms with Crippen LogP contribution in [0.1, 0.15) is 51.9 Å². The van der Waals surface area contributed by atoms with Crippen LogP contribution < -0.4 is 14.8 Å². The van der Waals surface area contributed by atoms with Gasteiger partial charge in [0.2, 0.25) is 0 Å². The van der Waals surface area contributed by atoms with Crippen LogP contribution in [-0.2, 0) is 16.0 Å². The van der Waals surface area contributed by atoms with Crippen LogP contribution in [0.3, 0.4) is 0 Å². The molecule has 0 aliphatic carbocycles. The maximum atomic E-state index is 12.5. The van der Waals surface area contributed by atoms with Crippen molar-refractivity contribution in [3.05, 3.63) is 52.8 Å². The first kappa shape index (κ1) is 22.6. The van der Waals surface area contributed by atoms with Gasteiger partial charge in [-0.15, -0.1) is 0 Å². The predicted octanol–water partition coefficient (Wildman–Crippen LogP) is 3.06. The molecule has 1 amide bonds. The SMILES string of the molecule is CCOC(=O)c1ccc(C(=O)NCc2ccc(OCC3CCCO3)c(OC)c2)nc1C. The van der Waals surface area contributed by atoms with Crippen LogP contribution in [0.2, 0.25) is 0 Å². The number of esters is 1. The molecule has 0 radical (unpaired) electrons. The number of aryl methyl sites for hydroxylation is 1. The van der Waals surface area contributed by atoms with Crippen molar-refractivity contribution in [2.45, 2.75) is 39.3 Å². The highest BCUT2D eigenvalue weighted by atomic mass is 16.5. The van der Waals surface area contributed by atoms with E-state index in [9.17, 15) is 9.59 Å². The number of hydrogen-bond acceptors (Lipinski definition) is 7. The van der Waals surface area contributed by atoms with E-state index in [0.717, 1.165) is 25.0 Å². The molecular weight excluding hydrogens is 400 g/mol. The summed E-state index contributed by atoms with van der Waals surface area (Å²) in [4.78, 5) is 28.6. The molecule has 2 aromatic rings. The number of nitrogens with zero attached hydrogens (tertiary/aromatic N) is 1. The molecule has 8 heteroatoms. The fourth-order valence-corrected chi connectivity index (χ4v) is 3.28. The molecule has 1 aromatic carbocycles. The van der Waals surface area contributed by atoms with Gasteiger partial charge in [0.25, 0.3) is 5.91 Å². The van der Waals surface area contributed by atoms with Crippen molar-refractivity contribution < 1.29 is 28.5 Å². The monoisotopic (exact) mass is 428 g/mol. The number of aromatic nitrogens is 1. The molecule has 1 saturated heterocycles. The lowest BCUT2D eigenvalue weighted by Gasteiger charge is -2.15. The van der Waals surface area contributed by atoms with E-state index in [-0.39, 0.29) is 24.3 Å². The van der Waals surface area contributed by atoms with Gasteiger partial charge in [-0.2, -0.15) is 0 Å². The van der Waals surface area contributed by atoms with Crippen LogP contribution in [0, 0.1) is 6.92 Å². The van der Waals surface area contributed by atoms with E-state index in [1.165, 1.54) is 6.07 Å². The van der Waals surface area contributed by atoms with E-state index in [1.807, 2.05) is 18.2 Å². The number of pyridine rings is 1. The summed E-state index contributed by atoms with van der Waals surface area (Å²) in [6.07, 6.45) is 2.18. The molecule has 166 valence electrons. The Morgan fingerprint density at radius 1 is 1.23 bits per heavy atom. The summed E-state index contributed by atoms with van der Waals surface area (Å²) in [5, 5.41) is 2.83. The number of rotatable bonds is 9. The number of ether oxygens (including phenoxy) is 4. The molecule has 1 fully saturated rings. The third kappa shape index (κ3) is 5.95. The van der Waals surface area contributed by atoms with Crippen molar-refractivity contribution in [2.75, 3.05) is 26.9 Å². The first-order chi connectivity index (χ1) is 15.0. The number of carbonyl (C=O) groups excluding carboxylic acids is 2. The van der Waals surface area contributed by atoms with Crippen molar-refractivity contribution in [2.24, 2.45) is 0 Å². The van der Waals surface area contributed by atoms with Crippen LogP contribution in [0.25, 0.3) is 0 Å². The molecular formula is C23H28N2O6. The molecule has 0 saturated carbocycles. The normalized spacial score (nSPS) is 15.4. The molecule has 3 rings (SSSR count). The Balaban J connectivity index is 1.59. The third-order valence-corrected chi connectivity index (χ3v) is 4.94. The second-order valence-corrected chi connectivity index (χ2v) is 7.16. The standard InChI is InChI=1S/C23H28N2O6/c1-4-29-23(27)18-8-9-19(25-15(18)2)22(26)24-13-16-7-10-20(21(12-16)28-3)31-14-17-6-5-11-30-17/h7-10,12,17H,4-6,11,13-14H2,1-3H3,(H,24,26). The zero-order chi connectivity index (χ0) is 22.2. The van der Waals surface area contributed by atoms with Crippen molar-refractivity contribution in [1.29, 1.82) is 0 Å². The Morgan fingerprint density at radius 2 is 2.06 bits per heavy atom. The summed E-state index contributed by atoms with van der Waals surface area (Å²) in [5.41, 5.74) is 1.88. The molecule has 8 nitrogen and oxygen atoms in total. The van der Waals surface area contributed by atoms with Gasteiger partial charge in [-0.05, 0) is 56.5 Å². The smallest absolute Gasteiger partial charge is 0.339 e. The molecule has 0 bridgehead atoms. The maximum absolute atomic E-state index is 12.5.